The molecule has 0 bridgehead atoms. The van der Waals surface area contributed by atoms with E-state index >= 15 is 0 Å². The van der Waals surface area contributed by atoms with Gasteiger partial charge in [-0.3, -0.25) is 0 Å². The molecule has 2 aromatic rings. The monoisotopic (exact) mass is 396 g/mol. The molecule has 2 aromatic carbocycles. The van der Waals surface area contributed by atoms with Crippen molar-refractivity contribution in [2.24, 2.45) is 0 Å². The second-order valence-corrected chi connectivity index (χ2v) is 6.68. The second-order valence-electron chi connectivity index (χ2n) is 6.68. The number of rotatable bonds is 11. The predicted molar refractivity (Wildman–Crippen MR) is 112 cm³/mol. The Labute approximate surface area is 172 Å². The molecule has 0 amide bonds. The van der Waals surface area contributed by atoms with E-state index in [9.17, 15) is 9.59 Å². The summed E-state index contributed by atoms with van der Waals surface area (Å²) >= 11 is 0. The lowest BCUT2D eigenvalue weighted by Gasteiger charge is -2.10. The molecule has 2 rings (SSSR count). The number of unbranched alkanes of at least 4 members (excludes halogenated alkanes) is 1. The zero-order chi connectivity index (χ0) is 21.1. The average Bonchev–Trinajstić information content (AvgIpc) is 2.73. The van der Waals surface area contributed by atoms with Crippen LogP contribution in [-0.2, 0) is 16.0 Å². The molecule has 0 radical (unpaired) electrons. The molecule has 0 N–H and O–H groups in total. The Hall–Kier alpha value is -3.08. The largest absolute Gasteiger partial charge is 0.494 e. The van der Waals surface area contributed by atoms with Gasteiger partial charge in [0.2, 0.25) is 0 Å². The summed E-state index contributed by atoms with van der Waals surface area (Å²) in [4.78, 5) is 23.3. The topological polar surface area (TPSA) is 61.8 Å². The van der Waals surface area contributed by atoms with Gasteiger partial charge in [0.25, 0.3) is 0 Å². The number of carbonyl (C=O) groups excluding carboxylic acids is 2. The van der Waals surface area contributed by atoms with E-state index in [1.54, 1.807) is 24.3 Å². The third-order valence-electron chi connectivity index (χ3n) is 4.36. The van der Waals surface area contributed by atoms with Crippen LogP contribution in [-0.4, -0.2) is 25.2 Å². The number of benzene rings is 2. The highest BCUT2D eigenvalue weighted by Gasteiger charge is 2.10. The first-order valence-corrected chi connectivity index (χ1v) is 9.87. The number of esters is 2. The van der Waals surface area contributed by atoms with E-state index in [-0.39, 0.29) is 0 Å². The van der Waals surface area contributed by atoms with Crippen LogP contribution in [0, 0.1) is 6.92 Å². The molecule has 0 aromatic heterocycles. The Kier molecular flexibility index (Phi) is 8.96. The van der Waals surface area contributed by atoms with Crippen molar-refractivity contribution in [3.05, 3.63) is 71.8 Å². The molecule has 0 aliphatic heterocycles. The van der Waals surface area contributed by atoms with E-state index in [0.29, 0.717) is 36.7 Å². The Morgan fingerprint density at radius 3 is 2.38 bits per heavy atom. The number of ether oxygens (including phenoxy) is 3. The molecular formula is C24H28O5. The summed E-state index contributed by atoms with van der Waals surface area (Å²) in [5.74, 6) is 0.416. The quantitative estimate of drug-likeness (QED) is 0.230. The van der Waals surface area contributed by atoms with Crippen molar-refractivity contribution in [1.82, 2.24) is 0 Å². The van der Waals surface area contributed by atoms with Gasteiger partial charge in [-0.1, -0.05) is 26.0 Å². The lowest BCUT2D eigenvalue weighted by molar-refractivity contribution is -0.137. The number of hydrogen-bond acceptors (Lipinski definition) is 5. The van der Waals surface area contributed by atoms with Crippen molar-refractivity contribution >= 4 is 11.9 Å². The molecule has 0 saturated heterocycles. The number of hydrogen-bond donors (Lipinski definition) is 0. The van der Waals surface area contributed by atoms with Gasteiger partial charge in [0, 0.05) is 6.08 Å². The maximum atomic E-state index is 12.4. The van der Waals surface area contributed by atoms with Crippen LogP contribution in [0.3, 0.4) is 0 Å². The van der Waals surface area contributed by atoms with E-state index in [1.165, 1.54) is 11.1 Å². The molecule has 5 heteroatoms. The SMILES string of the molecule is C=CC(=O)OCCCCOc1ccc(C(=O)Oc2ccc(C)c(CCC)c2)cc1. The summed E-state index contributed by atoms with van der Waals surface area (Å²) in [6.07, 6.45) is 4.61. The second kappa shape index (κ2) is 11.7. The van der Waals surface area contributed by atoms with E-state index in [1.807, 2.05) is 18.2 Å². The lowest BCUT2D eigenvalue weighted by Crippen LogP contribution is -2.09. The van der Waals surface area contributed by atoms with Gasteiger partial charge in [-0.05, 0) is 73.7 Å². The van der Waals surface area contributed by atoms with Crippen molar-refractivity contribution in [3.63, 3.8) is 0 Å². The number of aryl methyl sites for hydroxylation is 2. The van der Waals surface area contributed by atoms with Crippen LogP contribution in [0.4, 0.5) is 0 Å². The summed E-state index contributed by atoms with van der Waals surface area (Å²) in [5, 5.41) is 0. The zero-order valence-electron chi connectivity index (χ0n) is 17.1. The normalized spacial score (nSPS) is 10.3. The minimum absolute atomic E-state index is 0.345. The Morgan fingerprint density at radius 1 is 1.00 bits per heavy atom. The molecular weight excluding hydrogens is 368 g/mol. The molecule has 5 nitrogen and oxygen atoms in total. The molecule has 0 aliphatic rings. The summed E-state index contributed by atoms with van der Waals surface area (Å²) in [6.45, 7) is 8.37. The fourth-order valence-electron chi connectivity index (χ4n) is 2.73. The number of carbonyl (C=O) groups is 2. The van der Waals surface area contributed by atoms with Gasteiger partial charge < -0.3 is 14.2 Å². The summed E-state index contributed by atoms with van der Waals surface area (Å²) < 4.78 is 16.0. The van der Waals surface area contributed by atoms with Crippen molar-refractivity contribution in [3.8, 4) is 11.5 Å². The third-order valence-corrected chi connectivity index (χ3v) is 4.36. The summed E-state index contributed by atoms with van der Waals surface area (Å²) in [5.41, 5.74) is 2.86. The smallest absolute Gasteiger partial charge is 0.343 e. The first-order valence-electron chi connectivity index (χ1n) is 9.87. The van der Waals surface area contributed by atoms with Crippen LogP contribution in [0.1, 0.15) is 47.7 Å². The molecule has 0 heterocycles. The van der Waals surface area contributed by atoms with Gasteiger partial charge >= 0.3 is 11.9 Å². The first-order chi connectivity index (χ1) is 14.0. The molecule has 0 fully saturated rings. The molecule has 29 heavy (non-hydrogen) atoms. The third kappa shape index (κ3) is 7.45. The lowest BCUT2D eigenvalue weighted by atomic mass is 10.0. The van der Waals surface area contributed by atoms with E-state index in [2.05, 4.69) is 20.4 Å². The van der Waals surface area contributed by atoms with Crippen molar-refractivity contribution in [2.45, 2.75) is 39.5 Å². The maximum Gasteiger partial charge on any atom is 0.343 e. The highest BCUT2D eigenvalue weighted by Crippen LogP contribution is 2.21. The molecule has 0 saturated carbocycles. The highest BCUT2D eigenvalue weighted by molar-refractivity contribution is 5.91. The fraction of sp³-hybridized carbons (Fsp3) is 0.333. The first kappa shape index (κ1) is 22.2. The zero-order valence-corrected chi connectivity index (χ0v) is 17.1. The van der Waals surface area contributed by atoms with Gasteiger partial charge in [-0.15, -0.1) is 0 Å². The van der Waals surface area contributed by atoms with E-state index < -0.39 is 11.9 Å². The van der Waals surface area contributed by atoms with E-state index in [4.69, 9.17) is 14.2 Å². The van der Waals surface area contributed by atoms with Crippen molar-refractivity contribution in [2.75, 3.05) is 13.2 Å². The molecule has 0 aliphatic carbocycles. The van der Waals surface area contributed by atoms with Gasteiger partial charge in [0.15, 0.2) is 0 Å². The van der Waals surface area contributed by atoms with E-state index in [0.717, 1.165) is 25.3 Å². The Balaban J connectivity index is 1.80. The fourth-order valence-corrected chi connectivity index (χ4v) is 2.73. The highest BCUT2D eigenvalue weighted by atomic mass is 16.5. The maximum absolute atomic E-state index is 12.4. The molecule has 0 atom stereocenters. The predicted octanol–water partition coefficient (Wildman–Crippen LogP) is 5.05. The summed E-state index contributed by atoms with van der Waals surface area (Å²) in [7, 11) is 0. The van der Waals surface area contributed by atoms with Gasteiger partial charge in [-0.2, -0.15) is 0 Å². The van der Waals surface area contributed by atoms with Crippen LogP contribution >= 0.6 is 0 Å². The van der Waals surface area contributed by atoms with Crippen LogP contribution < -0.4 is 9.47 Å². The van der Waals surface area contributed by atoms with Gasteiger partial charge in [-0.25, -0.2) is 9.59 Å². The van der Waals surface area contributed by atoms with Crippen molar-refractivity contribution in [1.29, 1.82) is 0 Å². The van der Waals surface area contributed by atoms with Crippen molar-refractivity contribution < 1.29 is 23.8 Å². The molecule has 0 spiro atoms. The Morgan fingerprint density at radius 2 is 1.69 bits per heavy atom. The Bertz CT molecular complexity index is 824. The summed E-state index contributed by atoms with van der Waals surface area (Å²) in [6, 6.07) is 12.6. The molecule has 154 valence electrons. The van der Waals surface area contributed by atoms with Crippen LogP contribution in [0.5, 0.6) is 11.5 Å². The van der Waals surface area contributed by atoms with Crippen LogP contribution in [0.25, 0.3) is 0 Å². The van der Waals surface area contributed by atoms with Crippen LogP contribution in [0.2, 0.25) is 0 Å². The average molecular weight is 396 g/mol. The minimum atomic E-state index is -0.416. The molecule has 0 unspecified atom stereocenters. The van der Waals surface area contributed by atoms with Gasteiger partial charge in [0.05, 0.1) is 18.8 Å². The van der Waals surface area contributed by atoms with Crippen LogP contribution in [0.15, 0.2) is 55.1 Å². The van der Waals surface area contributed by atoms with Gasteiger partial charge in [0.1, 0.15) is 11.5 Å². The minimum Gasteiger partial charge on any atom is -0.494 e. The standard InChI is InChI=1S/C24H28O5/c1-4-8-20-17-22(12-9-18(20)3)29-24(26)19-10-13-21(14-11-19)27-15-6-7-16-28-23(25)5-2/h5,9-14,17H,2,4,6-8,15-16H2,1,3H3.